The van der Waals surface area contributed by atoms with Crippen LogP contribution in [0.4, 0.5) is 0 Å². The van der Waals surface area contributed by atoms with Crippen molar-refractivity contribution in [3.05, 3.63) is 0 Å². The van der Waals surface area contributed by atoms with Crippen LogP contribution in [-0.2, 0) is 9.57 Å². The molecule has 0 spiro atoms. The van der Waals surface area contributed by atoms with E-state index in [-0.39, 0.29) is 6.10 Å². The van der Waals surface area contributed by atoms with Gasteiger partial charge < -0.3 is 19.8 Å². The van der Waals surface area contributed by atoms with E-state index in [4.69, 9.17) is 9.57 Å². The molecule has 120 valence electrons. The van der Waals surface area contributed by atoms with Gasteiger partial charge in [0.15, 0.2) is 6.61 Å². The standard InChI is InChI=1S/C15H28N4O2/c1-18(2)14-9-16-8-13(14)15-17-20-11-12(21-15)10-19-6-4-3-5-7-19/h12-14,16H,3-11H2,1-2H3/t12-,13-,14+/m1/s1. The summed E-state index contributed by atoms with van der Waals surface area (Å²) in [4.78, 5) is 10.2. The third-order valence-electron chi connectivity index (χ3n) is 4.78. The Balaban J connectivity index is 1.56. The highest BCUT2D eigenvalue weighted by Gasteiger charge is 2.37. The third kappa shape index (κ3) is 3.67. The van der Waals surface area contributed by atoms with Crippen molar-refractivity contribution >= 4 is 5.90 Å². The number of nitrogens with zero attached hydrogens (tertiary/aromatic N) is 3. The smallest absolute Gasteiger partial charge is 0.232 e. The van der Waals surface area contributed by atoms with Crippen molar-refractivity contribution in [1.82, 2.24) is 15.1 Å². The number of hydrogen-bond acceptors (Lipinski definition) is 6. The number of likely N-dealkylation sites (N-methyl/N-ethyl adjacent to an activating group) is 1. The molecule has 6 nitrogen and oxygen atoms in total. The molecular weight excluding hydrogens is 268 g/mol. The lowest BCUT2D eigenvalue weighted by Crippen LogP contribution is -2.46. The molecule has 0 saturated carbocycles. The van der Waals surface area contributed by atoms with Crippen LogP contribution >= 0.6 is 0 Å². The van der Waals surface area contributed by atoms with Crippen molar-refractivity contribution in [2.45, 2.75) is 31.4 Å². The zero-order valence-corrected chi connectivity index (χ0v) is 13.3. The zero-order valence-electron chi connectivity index (χ0n) is 13.3. The van der Waals surface area contributed by atoms with Gasteiger partial charge in [-0.15, -0.1) is 0 Å². The van der Waals surface area contributed by atoms with E-state index in [0.717, 1.165) is 25.5 Å². The minimum atomic E-state index is 0.124. The summed E-state index contributed by atoms with van der Waals surface area (Å²) in [5.74, 6) is 1.08. The van der Waals surface area contributed by atoms with E-state index < -0.39 is 0 Å². The van der Waals surface area contributed by atoms with Crippen LogP contribution in [0.1, 0.15) is 19.3 Å². The molecule has 2 saturated heterocycles. The topological polar surface area (TPSA) is 49.3 Å². The summed E-state index contributed by atoms with van der Waals surface area (Å²) in [5, 5.41) is 7.63. The summed E-state index contributed by atoms with van der Waals surface area (Å²) >= 11 is 0. The number of ether oxygens (including phenoxy) is 1. The third-order valence-corrected chi connectivity index (χ3v) is 4.78. The molecule has 0 unspecified atom stereocenters. The van der Waals surface area contributed by atoms with E-state index in [9.17, 15) is 0 Å². The Kier molecular flexibility index (Phi) is 4.98. The second kappa shape index (κ2) is 6.94. The van der Waals surface area contributed by atoms with Crippen molar-refractivity contribution in [2.75, 3.05) is 53.4 Å². The molecule has 0 aromatic carbocycles. The van der Waals surface area contributed by atoms with Gasteiger partial charge in [0.2, 0.25) is 5.90 Å². The van der Waals surface area contributed by atoms with Gasteiger partial charge in [-0.05, 0) is 40.0 Å². The molecular formula is C15H28N4O2. The average molecular weight is 296 g/mol. The number of oxime groups is 1. The van der Waals surface area contributed by atoms with E-state index in [1.165, 1.54) is 32.4 Å². The Labute approximate surface area is 127 Å². The lowest BCUT2D eigenvalue weighted by molar-refractivity contribution is -0.0165. The first-order valence-corrected chi connectivity index (χ1v) is 8.20. The Morgan fingerprint density at radius 1 is 1.24 bits per heavy atom. The summed E-state index contributed by atoms with van der Waals surface area (Å²) in [6.07, 6.45) is 4.11. The maximum Gasteiger partial charge on any atom is 0.232 e. The number of likely N-dealkylation sites (tertiary alicyclic amines) is 1. The summed E-state index contributed by atoms with van der Waals surface area (Å²) < 4.78 is 6.17. The first kappa shape index (κ1) is 15.1. The van der Waals surface area contributed by atoms with E-state index in [1.807, 2.05) is 0 Å². The SMILES string of the molecule is CN(C)[C@H]1CNC[C@H]1C1=NOC[C@@H](CN2CCCCC2)O1. The van der Waals surface area contributed by atoms with Crippen LogP contribution in [0.5, 0.6) is 0 Å². The molecule has 3 atom stereocenters. The molecule has 0 amide bonds. The second-order valence-corrected chi connectivity index (χ2v) is 6.62. The van der Waals surface area contributed by atoms with E-state index >= 15 is 0 Å². The Bertz CT molecular complexity index is 369. The Hall–Kier alpha value is -0.850. The molecule has 0 bridgehead atoms. The van der Waals surface area contributed by atoms with Gasteiger partial charge in [0.25, 0.3) is 0 Å². The summed E-state index contributed by atoms with van der Waals surface area (Å²) in [6, 6.07) is 0.432. The van der Waals surface area contributed by atoms with Crippen LogP contribution in [0, 0.1) is 5.92 Å². The average Bonchev–Trinajstić information content (AvgIpc) is 2.98. The van der Waals surface area contributed by atoms with Crippen LogP contribution in [0.15, 0.2) is 5.16 Å². The lowest BCUT2D eigenvalue weighted by atomic mass is 10.0. The molecule has 3 aliphatic heterocycles. The second-order valence-electron chi connectivity index (χ2n) is 6.62. The van der Waals surface area contributed by atoms with Gasteiger partial charge in [0.1, 0.15) is 6.10 Å². The first-order chi connectivity index (χ1) is 10.2. The normalized spacial score (nSPS) is 34.4. The lowest BCUT2D eigenvalue weighted by Gasteiger charge is -2.34. The maximum atomic E-state index is 6.17. The van der Waals surface area contributed by atoms with Crippen molar-refractivity contribution in [3.8, 4) is 0 Å². The molecule has 2 fully saturated rings. The Morgan fingerprint density at radius 3 is 2.81 bits per heavy atom. The highest BCUT2D eigenvalue weighted by molar-refractivity contribution is 5.80. The monoisotopic (exact) mass is 296 g/mol. The minimum absolute atomic E-state index is 0.124. The van der Waals surface area contributed by atoms with Gasteiger partial charge in [0, 0.05) is 25.7 Å². The van der Waals surface area contributed by atoms with Gasteiger partial charge >= 0.3 is 0 Å². The molecule has 1 N–H and O–H groups in total. The maximum absolute atomic E-state index is 6.17. The highest BCUT2D eigenvalue weighted by atomic mass is 16.7. The largest absolute Gasteiger partial charge is 0.470 e. The van der Waals surface area contributed by atoms with Crippen LogP contribution in [0.2, 0.25) is 0 Å². The van der Waals surface area contributed by atoms with Crippen molar-refractivity contribution in [1.29, 1.82) is 0 Å². The van der Waals surface area contributed by atoms with Crippen molar-refractivity contribution < 1.29 is 9.57 Å². The predicted octanol–water partition coefficient (Wildman–Crippen LogP) is 0.351. The molecule has 21 heavy (non-hydrogen) atoms. The Morgan fingerprint density at radius 2 is 2.05 bits per heavy atom. The fourth-order valence-electron chi connectivity index (χ4n) is 3.54. The first-order valence-electron chi connectivity index (χ1n) is 8.20. The molecule has 0 aromatic rings. The summed E-state index contributed by atoms with van der Waals surface area (Å²) in [5.41, 5.74) is 0. The van der Waals surface area contributed by atoms with Gasteiger partial charge in [-0.3, -0.25) is 4.90 Å². The zero-order chi connectivity index (χ0) is 14.7. The van der Waals surface area contributed by atoms with E-state index in [2.05, 4.69) is 34.4 Å². The summed E-state index contributed by atoms with van der Waals surface area (Å²) in [6.45, 7) is 5.83. The molecule has 6 heteroatoms. The molecule has 0 aliphatic carbocycles. The van der Waals surface area contributed by atoms with Crippen LogP contribution in [0.25, 0.3) is 0 Å². The van der Waals surface area contributed by atoms with Gasteiger partial charge in [0.05, 0.1) is 5.92 Å². The van der Waals surface area contributed by atoms with Crippen LogP contribution in [-0.4, -0.2) is 81.3 Å². The molecule has 0 aromatic heterocycles. The molecule has 3 aliphatic rings. The number of nitrogens with one attached hydrogen (secondary N) is 1. The van der Waals surface area contributed by atoms with Crippen molar-refractivity contribution in [2.24, 2.45) is 11.1 Å². The quantitative estimate of drug-likeness (QED) is 0.811. The summed E-state index contributed by atoms with van der Waals surface area (Å²) in [7, 11) is 4.22. The molecule has 3 heterocycles. The molecule has 3 rings (SSSR count). The van der Waals surface area contributed by atoms with Crippen LogP contribution < -0.4 is 5.32 Å². The number of hydrogen-bond donors (Lipinski definition) is 1. The predicted molar refractivity (Wildman–Crippen MR) is 82.4 cm³/mol. The van der Waals surface area contributed by atoms with Crippen LogP contribution in [0.3, 0.4) is 0 Å². The van der Waals surface area contributed by atoms with Gasteiger partial charge in [-0.2, -0.15) is 0 Å². The fourth-order valence-corrected chi connectivity index (χ4v) is 3.54. The number of piperidine rings is 1. The molecule has 0 radical (unpaired) electrons. The van der Waals surface area contributed by atoms with Gasteiger partial charge in [-0.1, -0.05) is 11.6 Å². The van der Waals surface area contributed by atoms with E-state index in [0.29, 0.717) is 18.6 Å². The van der Waals surface area contributed by atoms with Crippen molar-refractivity contribution in [3.63, 3.8) is 0 Å². The van der Waals surface area contributed by atoms with Gasteiger partial charge in [-0.25, -0.2) is 0 Å². The van der Waals surface area contributed by atoms with E-state index in [1.54, 1.807) is 0 Å². The number of rotatable bonds is 4. The minimum Gasteiger partial charge on any atom is -0.470 e. The highest BCUT2D eigenvalue weighted by Crippen LogP contribution is 2.20. The fraction of sp³-hybridized carbons (Fsp3) is 0.933.